The van der Waals surface area contributed by atoms with Gasteiger partial charge in [0.25, 0.3) is 0 Å². The summed E-state index contributed by atoms with van der Waals surface area (Å²) in [4.78, 5) is 14.8. The number of β-lactam (4-membered cyclic amide) rings is 1. The van der Waals surface area contributed by atoms with E-state index in [-0.39, 0.29) is 23.6 Å². The molecule has 0 saturated carbocycles. The first-order chi connectivity index (χ1) is 12.2. The van der Waals surface area contributed by atoms with Gasteiger partial charge in [-0.05, 0) is 41.8 Å². The van der Waals surface area contributed by atoms with Crippen LogP contribution in [0.25, 0.3) is 0 Å². The van der Waals surface area contributed by atoms with Crippen LogP contribution in [-0.2, 0) is 11.2 Å². The largest absolute Gasteiger partial charge is 0.508 e. The molecule has 2 unspecified atom stereocenters. The average Bonchev–Trinajstić information content (AvgIpc) is 2.66. The smallest absolute Gasteiger partial charge is 0.233 e. The van der Waals surface area contributed by atoms with Gasteiger partial charge in [-0.25, -0.2) is 0 Å². The van der Waals surface area contributed by atoms with Crippen LogP contribution in [0, 0.1) is 5.92 Å². The van der Waals surface area contributed by atoms with E-state index in [1.807, 2.05) is 65.6 Å². The number of anilines is 1. The molecule has 3 aromatic carbocycles. The second-order valence-corrected chi connectivity index (χ2v) is 6.38. The lowest BCUT2D eigenvalue weighted by molar-refractivity contribution is -0.130. The molecule has 124 valence electrons. The molecule has 0 aromatic heterocycles. The third-order valence-corrected chi connectivity index (χ3v) is 4.78. The number of phenolic OH excluding ortho intramolecular Hbond substituents is 1. The molecule has 1 heterocycles. The Hall–Kier alpha value is -3.07. The van der Waals surface area contributed by atoms with Crippen molar-refractivity contribution >= 4 is 11.6 Å². The van der Waals surface area contributed by atoms with Crippen LogP contribution in [0.15, 0.2) is 84.9 Å². The summed E-state index contributed by atoms with van der Waals surface area (Å²) >= 11 is 0. The van der Waals surface area contributed by atoms with E-state index >= 15 is 0 Å². The van der Waals surface area contributed by atoms with E-state index in [0.717, 1.165) is 16.8 Å². The Morgan fingerprint density at radius 3 is 2.04 bits per heavy atom. The zero-order chi connectivity index (χ0) is 17.2. The molecule has 0 aliphatic carbocycles. The number of hydrogen-bond acceptors (Lipinski definition) is 2. The minimum absolute atomic E-state index is 0.0179. The topological polar surface area (TPSA) is 40.5 Å². The van der Waals surface area contributed by atoms with Gasteiger partial charge in [0.1, 0.15) is 5.75 Å². The van der Waals surface area contributed by atoms with Crippen molar-refractivity contribution in [3.05, 3.63) is 96.1 Å². The van der Waals surface area contributed by atoms with Crippen LogP contribution >= 0.6 is 0 Å². The van der Waals surface area contributed by atoms with E-state index in [2.05, 4.69) is 12.1 Å². The van der Waals surface area contributed by atoms with Gasteiger partial charge in [-0.2, -0.15) is 0 Å². The number of carbonyl (C=O) groups is 1. The van der Waals surface area contributed by atoms with Crippen molar-refractivity contribution in [1.82, 2.24) is 0 Å². The number of hydrogen-bond donors (Lipinski definition) is 1. The second-order valence-electron chi connectivity index (χ2n) is 6.38. The van der Waals surface area contributed by atoms with Crippen LogP contribution in [0.1, 0.15) is 17.2 Å². The molecule has 1 fully saturated rings. The molecule has 4 rings (SSSR count). The lowest BCUT2D eigenvalue weighted by Gasteiger charge is -2.47. The average molecular weight is 329 g/mol. The summed E-state index contributed by atoms with van der Waals surface area (Å²) in [6.07, 6.45) is 0.717. The van der Waals surface area contributed by atoms with Crippen molar-refractivity contribution in [2.45, 2.75) is 12.5 Å². The van der Waals surface area contributed by atoms with Crippen molar-refractivity contribution in [3.63, 3.8) is 0 Å². The van der Waals surface area contributed by atoms with Gasteiger partial charge in [0.05, 0.1) is 12.0 Å². The van der Waals surface area contributed by atoms with E-state index in [9.17, 15) is 9.90 Å². The Kier molecular flexibility index (Phi) is 3.98. The molecule has 3 aromatic rings. The van der Waals surface area contributed by atoms with Gasteiger partial charge in [0.2, 0.25) is 5.91 Å². The molecule has 25 heavy (non-hydrogen) atoms. The lowest BCUT2D eigenvalue weighted by Crippen LogP contribution is -2.56. The SMILES string of the molecule is O=C1C(Cc2ccccc2)C(c2ccc(O)cc2)N1c1ccccc1. The lowest BCUT2D eigenvalue weighted by atomic mass is 9.78. The molecule has 1 aliphatic rings. The first kappa shape index (κ1) is 15.5. The predicted octanol–water partition coefficient (Wildman–Crippen LogP) is 4.34. The number of nitrogens with zero attached hydrogens (tertiary/aromatic N) is 1. The Labute approximate surface area is 147 Å². The van der Waals surface area contributed by atoms with E-state index in [1.165, 1.54) is 0 Å². The van der Waals surface area contributed by atoms with E-state index in [4.69, 9.17) is 0 Å². The van der Waals surface area contributed by atoms with Gasteiger partial charge in [-0.15, -0.1) is 0 Å². The molecule has 3 nitrogen and oxygen atoms in total. The molecule has 0 radical (unpaired) electrons. The number of aromatic hydroxyl groups is 1. The molecule has 1 saturated heterocycles. The van der Waals surface area contributed by atoms with Gasteiger partial charge in [0, 0.05) is 5.69 Å². The molecule has 0 spiro atoms. The Morgan fingerprint density at radius 1 is 0.800 bits per heavy atom. The summed E-state index contributed by atoms with van der Waals surface area (Å²) in [6.45, 7) is 0. The third kappa shape index (κ3) is 2.89. The summed E-state index contributed by atoms with van der Waals surface area (Å²) in [5.41, 5.74) is 3.12. The first-order valence-corrected chi connectivity index (χ1v) is 8.45. The summed E-state index contributed by atoms with van der Waals surface area (Å²) in [5, 5.41) is 9.58. The zero-order valence-corrected chi connectivity index (χ0v) is 13.7. The number of benzene rings is 3. The highest BCUT2D eigenvalue weighted by Crippen LogP contribution is 2.45. The van der Waals surface area contributed by atoms with Crippen LogP contribution in [0.2, 0.25) is 0 Å². The fourth-order valence-electron chi connectivity index (χ4n) is 3.54. The van der Waals surface area contributed by atoms with Crippen molar-refractivity contribution in [2.75, 3.05) is 4.90 Å². The maximum absolute atomic E-state index is 12.9. The molecule has 1 aliphatic heterocycles. The van der Waals surface area contributed by atoms with E-state index in [1.54, 1.807) is 12.1 Å². The number of phenols is 1. The monoisotopic (exact) mass is 329 g/mol. The minimum Gasteiger partial charge on any atom is -0.508 e. The van der Waals surface area contributed by atoms with Crippen molar-refractivity contribution in [2.24, 2.45) is 5.92 Å². The summed E-state index contributed by atoms with van der Waals surface area (Å²) in [7, 11) is 0. The third-order valence-electron chi connectivity index (χ3n) is 4.78. The molecular weight excluding hydrogens is 310 g/mol. The number of carbonyl (C=O) groups excluding carboxylic acids is 1. The summed E-state index contributed by atoms with van der Waals surface area (Å²) in [5.74, 6) is 0.292. The van der Waals surface area contributed by atoms with Gasteiger partial charge in [-0.1, -0.05) is 60.7 Å². The highest BCUT2D eigenvalue weighted by Gasteiger charge is 2.48. The normalized spacial score (nSPS) is 19.5. The molecule has 1 N–H and O–H groups in total. The summed E-state index contributed by atoms with van der Waals surface area (Å²) in [6, 6.07) is 27.0. The van der Waals surface area contributed by atoms with Gasteiger partial charge < -0.3 is 10.0 Å². The maximum atomic E-state index is 12.9. The van der Waals surface area contributed by atoms with Gasteiger partial charge >= 0.3 is 0 Å². The Morgan fingerprint density at radius 2 is 1.40 bits per heavy atom. The van der Waals surface area contributed by atoms with E-state index < -0.39 is 0 Å². The maximum Gasteiger partial charge on any atom is 0.233 e. The minimum atomic E-state index is -0.0906. The number of rotatable bonds is 4. The predicted molar refractivity (Wildman–Crippen MR) is 98.4 cm³/mol. The fraction of sp³-hybridized carbons (Fsp3) is 0.136. The standard InChI is InChI=1S/C22H19NO2/c24-19-13-11-17(12-14-19)21-20(15-16-7-3-1-4-8-16)22(25)23(21)18-9-5-2-6-10-18/h1-14,20-21,24H,15H2. The molecule has 2 atom stereocenters. The van der Waals surface area contributed by atoms with Gasteiger partial charge in [-0.3, -0.25) is 4.79 Å². The Bertz CT molecular complexity index is 860. The van der Waals surface area contributed by atoms with Crippen molar-refractivity contribution < 1.29 is 9.90 Å². The highest BCUT2D eigenvalue weighted by molar-refractivity contribution is 6.03. The Balaban J connectivity index is 1.68. The quantitative estimate of drug-likeness (QED) is 0.723. The highest BCUT2D eigenvalue weighted by atomic mass is 16.3. The first-order valence-electron chi connectivity index (χ1n) is 8.45. The van der Waals surface area contributed by atoms with Gasteiger partial charge in [0.15, 0.2) is 0 Å². The van der Waals surface area contributed by atoms with Crippen LogP contribution in [-0.4, -0.2) is 11.0 Å². The number of amides is 1. The molecular formula is C22H19NO2. The van der Waals surface area contributed by atoms with Crippen LogP contribution in [0.5, 0.6) is 5.75 Å². The molecule has 0 bridgehead atoms. The molecule has 3 heteroatoms. The number of para-hydroxylation sites is 1. The second kappa shape index (κ2) is 6.44. The van der Waals surface area contributed by atoms with Crippen LogP contribution in [0.3, 0.4) is 0 Å². The van der Waals surface area contributed by atoms with Crippen molar-refractivity contribution in [1.29, 1.82) is 0 Å². The van der Waals surface area contributed by atoms with E-state index in [0.29, 0.717) is 6.42 Å². The zero-order valence-electron chi connectivity index (χ0n) is 13.7. The molecule has 1 amide bonds. The fourth-order valence-corrected chi connectivity index (χ4v) is 3.54. The summed E-state index contributed by atoms with van der Waals surface area (Å²) < 4.78 is 0. The van der Waals surface area contributed by atoms with Crippen molar-refractivity contribution in [3.8, 4) is 5.75 Å². The van der Waals surface area contributed by atoms with Crippen LogP contribution < -0.4 is 4.90 Å². The van der Waals surface area contributed by atoms with Crippen LogP contribution in [0.4, 0.5) is 5.69 Å².